The molecule has 107 heavy (non-hydrogen) atoms. The largest absolute Gasteiger partial charge is 0.454 e. The predicted molar refractivity (Wildman–Crippen MR) is 372 cm³/mol. The molecule has 3 fully saturated rings. The van der Waals surface area contributed by atoms with Crippen molar-refractivity contribution < 1.29 is 76.9 Å². The number of ether oxygens (including phenoxy) is 3. The molecule has 3 atom stereocenters. The molecule has 0 spiro atoms. The van der Waals surface area contributed by atoms with E-state index >= 15 is 0 Å². The Morgan fingerprint density at radius 3 is 1.00 bits per heavy atom. The van der Waals surface area contributed by atoms with Crippen molar-refractivity contribution in [3.63, 3.8) is 0 Å². The van der Waals surface area contributed by atoms with Crippen LogP contribution < -0.4 is 14.2 Å². The van der Waals surface area contributed by atoms with Crippen LogP contribution in [0.1, 0.15) is 73.4 Å². The van der Waals surface area contributed by atoms with E-state index in [1.54, 1.807) is 67.9 Å². The number of carbonyl (C=O) groups is 3. The summed E-state index contributed by atoms with van der Waals surface area (Å²) in [5.41, 5.74) is 4.62. The second-order valence-corrected chi connectivity index (χ2v) is 25.2. The number of nitrogens with zero attached hydrogens (tertiary/aromatic N) is 12. The van der Waals surface area contributed by atoms with Crippen molar-refractivity contribution in [3.05, 3.63) is 271 Å². The minimum absolute atomic E-state index is 0.134. The van der Waals surface area contributed by atoms with Gasteiger partial charge in [0.25, 0.3) is 0 Å². The van der Waals surface area contributed by atoms with Crippen LogP contribution in [0, 0.1) is 64.0 Å². The fourth-order valence-corrected chi connectivity index (χ4v) is 13.3. The smallest absolute Gasteiger partial charge is 0.245 e. The van der Waals surface area contributed by atoms with E-state index in [1.165, 1.54) is 82.6 Å². The molecule has 6 aromatic heterocycles. The summed E-state index contributed by atoms with van der Waals surface area (Å²) >= 11 is 0. The Kier molecular flexibility index (Phi) is 21.4. The van der Waals surface area contributed by atoms with E-state index in [-0.39, 0.29) is 52.7 Å². The molecule has 3 aliphatic rings. The average Bonchev–Trinajstić information content (AvgIpc) is 1.63. The number of fused-ring (bicyclic) bond motifs is 3. The van der Waals surface area contributed by atoms with Gasteiger partial charge in [-0.1, -0.05) is 25.8 Å². The number of piperidine rings is 3. The molecule has 0 saturated carbocycles. The molecule has 29 heteroatoms. The van der Waals surface area contributed by atoms with Crippen molar-refractivity contribution in [2.75, 3.05) is 39.3 Å². The zero-order chi connectivity index (χ0) is 75.3. The summed E-state index contributed by atoms with van der Waals surface area (Å²) < 4.78 is 175. The second kappa shape index (κ2) is 31.4. The molecule has 3 aliphatic heterocycles. The molecule has 546 valence electrons. The maximum absolute atomic E-state index is 14.9. The minimum Gasteiger partial charge on any atom is -0.454 e. The highest BCUT2D eigenvalue weighted by atomic mass is 19.2. The van der Waals surface area contributed by atoms with Gasteiger partial charge >= 0.3 is 0 Å². The lowest BCUT2D eigenvalue weighted by Gasteiger charge is -2.31. The molecule has 3 saturated heterocycles. The third-order valence-corrected chi connectivity index (χ3v) is 18.4. The Labute approximate surface area is 602 Å². The highest BCUT2D eigenvalue weighted by molar-refractivity contribution is 5.90. The predicted octanol–water partition coefficient (Wildman–Crippen LogP) is 16.8. The molecule has 0 bridgehead atoms. The van der Waals surface area contributed by atoms with E-state index in [1.807, 2.05) is 0 Å². The summed E-state index contributed by atoms with van der Waals surface area (Å²) in [5.74, 6) is -12.8. The van der Waals surface area contributed by atoms with E-state index in [4.69, 9.17) is 19.3 Å². The molecule has 0 N–H and O–H groups in total. The normalized spacial score (nSPS) is 15.8. The number of rotatable bonds is 15. The number of benzene rings is 6. The van der Waals surface area contributed by atoms with Gasteiger partial charge in [0.2, 0.25) is 35.2 Å². The second-order valence-electron chi connectivity index (χ2n) is 25.2. The van der Waals surface area contributed by atoms with Crippen molar-refractivity contribution in [1.29, 1.82) is 0 Å². The quantitative estimate of drug-likeness (QED) is 0.0539. The molecular weight excluding hydrogens is 1410 g/mol. The van der Waals surface area contributed by atoms with Crippen molar-refractivity contribution in [2.24, 2.45) is 0 Å². The fraction of sp³-hybridized carbons (Fsp3) is 0.192. The molecular formula is C78H61F11N12O6. The topological polar surface area (TPSA) is 181 Å². The zero-order valence-corrected chi connectivity index (χ0v) is 56.5. The Balaban J connectivity index is 0.000000142. The summed E-state index contributed by atoms with van der Waals surface area (Å²) in [6.07, 6.45) is 16.2. The van der Waals surface area contributed by atoms with Gasteiger partial charge in [-0.15, -0.1) is 0 Å². The Morgan fingerprint density at radius 1 is 0.374 bits per heavy atom. The van der Waals surface area contributed by atoms with Crippen molar-refractivity contribution in [1.82, 2.24) is 59.0 Å². The molecule has 15 rings (SSSR count). The number of aromatic nitrogens is 9. The van der Waals surface area contributed by atoms with E-state index in [0.29, 0.717) is 124 Å². The molecule has 12 aromatic rings. The Hall–Kier alpha value is -12.6. The Morgan fingerprint density at radius 2 is 0.682 bits per heavy atom. The SMILES string of the molecule is C=CC(=O)N1CCC[C@@H](c2nn(-c3ccc(Oc4cc(F)cc(F)c4F)cc3)c3cncc(F)c23)C1.C=CC(=O)N1CCC[C@@H](c2nn(-c3ccc(Oc4cccc(F)c4F)cc3)c3cncc(F)c23)C1.C=CC(=O)N1CCC[C@H](c2nn(-c3ccc(Oc4cc(F)cc(F)c4F)cc3)c3cncc(F)c23)C1. The van der Waals surface area contributed by atoms with Crippen LogP contribution in [-0.4, -0.2) is 116 Å². The molecule has 18 nitrogen and oxygen atoms in total. The summed E-state index contributed by atoms with van der Waals surface area (Å²) in [7, 11) is 0. The minimum atomic E-state index is -1.36. The lowest BCUT2D eigenvalue weighted by Crippen LogP contribution is -2.38. The van der Waals surface area contributed by atoms with E-state index in [2.05, 4.69) is 44.9 Å². The highest BCUT2D eigenvalue weighted by Gasteiger charge is 2.33. The van der Waals surface area contributed by atoms with E-state index in [0.717, 1.165) is 75.3 Å². The summed E-state index contributed by atoms with van der Waals surface area (Å²) in [4.78, 5) is 53.4. The van der Waals surface area contributed by atoms with Crippen molar-refractivity contribution >= 4 is 50.4 Å². The van der Waals surface area contributed by atoms with Crippen LogP contribution in [-0.2, 0) is 14.4 Å². The highest BCUT2D eigenvalue weighted by Crippen LogP contribution is 2.40. The van der Waals surface area contributed by atoms with E-state index < -0.39 is 75.5 Å². The molecule has 0 radical (unpaired) electrons. The molecule has 0 unspecified atom stereocenters. The first-order valence-electron chi connectivity index (χ1n) is 33.6. The number of carbonyl (C=O) groups excluding carboxylic acids is 3. The van der Waals surface area contributed by atoms with Gasteiger partial charge < -0.3 is 28.9 Å². The first kappa shape index (κ1) is 72.8. The summed E-state index contributed by atoms with van der Waals surface area (Å²) in [6, 6.07) is 24.9. The zero-order valence-electron chi connectivity index (χ0n) is 56.5. The molecule has 9 heterocycles. The van der Waals surface area contributed by atoms with Crippen LogP contribution in [0.5, 0.6) is 34.5 Å². The van der Waals surface area contributed by atoms with Gasteiger partial charge in [0.15, 0.2) is 52.2 Å². The van der Waals surface area contributed by atoms with Gasteiger partial charge in [0, 0.05) is 81.3 Å². The lowest BCUT2D eigenvalue weighted by molar-refractivity contribution is -0.127. The van der Waals surface area contributed by atoms with Gasteiger partial charge in [-0.25, -0.2) is 49.2 Å². The number of likely N-dealkylation sites (tertiary alicyclic amines) is 3. The third-order valence-electron chi connectivity index (χ3n) is 18.4. The van der Waals surface area contributed by atoms with E-state index in [9.17, 15) is 62.7 Å². The van der Waals surface area contributed by atoms with Crippen LogP contribution in [0.4, 0.5) is 48.3 Å². The standard InChI is InChI=1S/2C26H20F4N4O2.C26H21F3N4O2/c2*1-2-23(35)33-9-3-4-15(14-33)26-24-20(29)12-31-13-21(24)34(32-26)17-5-7-18(8-6-17)36-22-11-16(27)10-19(28)25(22)30;1-2-23(34)32-12-4-5-16(15-32)26-24-20(28)13-30-14-21(24)33(31-26)17-8-10-18(11-9-17)35-22-7-3-6-19(27)25(22)29/h2*2,5-8,10-13,15H,1,3-4,9,14H2;2-3,6-11,13-14,16H,1,4-5,12,15H2/t2*15-;16-/m101/s1. The third kappa shape index (κ3) is 15.4. The average molecular weight is 1470 g/mol. The maximum atomic E-state index is 14.9. The first-order valence-corrected chi connectivity index (χ1v) is 33.6. The summed E-state index contributed by atoms with van der Waals surface area (Å²) in [5, 5.41) is 15.1. The number of pyridine rings is 3. The monoisotopic (exact) mass is 1470 g/mol. The number of halogens is 11. The van der Waals surface area contributed by atoms with Crippen LogP contribution >= 0.6 is 0 Å². The summed E-state index contributed by atoms with van der Waals surface area (Å²) in [6.45, 7) is 13.7. The van der Waals surface area contributed by atoms with Gasteiger partial charge in [-0.3, -0.25) is 29.3 Å². The number of hydrogen-bond acceptors (Lipinski definition) is 12. The first-order chi connectivity index (χ1) is 51.7. The molecule has 0 aliphatic carbocycles. The Bertz CT molecular complexity index is 5180. The molecule has 6 aromatic carbocycles. The van der Waals surface area contributed by atoms with Crippen LogP contribution in [0.2, 0.25) is 0 Å². The van der Waals surface area contributed by atoms with Crippen LogP contribution in [0.25, 0.3) is 49.8 Å². The van der Waals surface area contributed by atoms with Gasteiger partial charge in [0.1, 0.15) is 28.9 Å². The number of hydrogen-bond donors (Lipinski definition) is 0. The molecule has 3 amide bonds. The van der Waals surface area contributed by atoms with Crippen molar-refractivity contribution in [2.45, 2.75) is 56.3 Å². The van der Waals surface area contributed by atoms with Gasteiger partial charge in [-0.2, -0.15) is 28.5 Å². The number of amides is 3. The maximum Gasteiger partial charge on any atom is 0.245 e. The van der Waals surface area contributed by atoms with Crippen LogP contribution in [0.3, 0.4) is 0 Å². The van der Waals surface area contributed by atoms with Gasteiger partial charge in [-0.05, 0) is 142 Å². The fourth-order valence-electron chi connectivity index (χ4n) is 13.3. The van der Waals surface area contributed by atoms with Crippen molar-refractivity contribution in [3.8, 4) is 51.6 Å². The lowest BCUT2D eigenvalue weighted by atomic mass is 9.93. The van der Waals surface area contributed by atoms with Crippen LogP contribution in [0.15, 0.2) is 190 Å². The van der Waals surface area contributed by atoms with Gasteiger partial charge in [0.05, 0.1) is 104 Å².